The standard InChI is InChI=1S/C8H11BClNO3/c1-11(2)6-4-3-5-7(8(6)10)14-9(12)13/h3-5,12-13H,1-2H3. The van der Waals surface area contributed by atoms with Crippen molar-refractivity contribution in [2.24, 2.45) is 0 Å². The molecule has 2 N–H and O–H groups in total. The van der Waals surface area contributed by atoms with E-state index in [2.05, 4.69) is 4.65 Å². The smallest absolute Gasteiger partial charge is 0.511 e. The zero-order valence-electron chi connectivity index (χ0n) is 7.94. The van der Waals surface area contributed by atoms with Gasteiger partial charge in [-0.1, -0.05) is 17.7 Å². The third kappa shape index (κ3) is 2.54. The molecule has 0 unspecified atom stereocenters. The van der Waals surface area contributed by atoms with E-state index in [-0.39, 0.29) is 5.75 Å². The second kappa shape index (κ2) is 4.55. The highest BCUT2D eigenvalue weighted by Crippen LogP contribution is 2.33. The topological polar surface area (TPSA) is 52.9 Å². The molecule has 0 aliphatic heterocycles. The normalized spacial score (nSPS) is 9.79. The Morgan fingerprint density at radius 1 is 1.36 bits per heavy atom. The van der Waals surface area contributed by atoms with Gasteiger partial charge in [-0.25, -0.2) is 0 Å². The molecular weight excluding hydrogens is 204 g/mol. The quantitative estimate of drug-likeness (QED) is 0.731. The van der Waals surface area contributed by atoms with Gasteiger partial charge in [0.05, 0.1) is 5.69 Å². The Labute approximate surface area is 87.9 Å². The van der Waals surface area contributed by atoms with Crippen molar-refractivity contribution in [3.63, 3.8) is 0 Å². The maximum atomic E-state index is 8.62. The molecule has 0 saturated heterocycles. The molecule has 1 aromatic rings. The Morgan fingerprint density at radius 2 is 2.00 bits per heavy atom. The molecule has 0 amide bonds. The van der Waals surface area contributed by atoms with Crippen molar-refractivity contribution in [3.05, 3.63) is 23.2 Å². The molecule has 76 valence electrons. The predicted octanol–water partition coefficient (Wildman–Crippen LogP) is 0.754. The first-order valence-electron chi connectivity index (χ1n) is 4.01. The minimum atomic E-state index is -1.86. The van der Waals surface area contributed by atoms with Crippen LogP contribution >= 0.6 is 11.6 Å². The Morgan fingerprint density at radius 3 is 2.50 bits per heavy atom. The molecule has 1 aromatic carbocycles. The SMILES string of the molecule is CN(C)c1cccc(OB(O)O)c1Cl. The number of anilines is 1. The summed E-state index contributed by atoms with van der Waals surface area (Å²) in [5, 5.41) is 17.6. The Bertz CT molecular complexity index is 319. The van der Waals surface area contributed by atoms with Gasteiger partial charge in [0.25, 0.3) is 0 Å². The van der Waals surface area contributed by atoms with Crippen LogP contribution in [0.2, 0.25) is 5.02 Å². The molecule has 0 aromatic heterocycles. The molecule has 0 heterocycles. The van der Waals surface area contributed by atoms with Crippen molar-refractivity contribution in [3.8, 4) is 5.75 Å². The van der Waals surface area contributed by atoms with Gasteiger partial charge in [-0.3, -0.25) is 0 Å². The minimum Gasteiger partial charge on any atom is -0.511 e. The summed E-state index contributed by atoms with van der Waals surface area (Å²) in [6.07, 6.45) is 0. The molecular formula is C8H11BClNO3. The summed E-state index contributed by atoms with van der Waals surface area (Å²) in [4.78, 5) is 1.80. The Kier molecular flexibility index (Phi) is 3.63. The largest absolute Gasteiger partial charge is 0.707 e. The lowest BCUT2D eigenvalue weighted by atomic mass is 10.2. The van der Waals surface area contributed by atoms with E-state index in [1.807, 2.05) is 14.1 Å². The van der Waals surface area contributed by atoms with Gasteiger partial charge in [0.1, 0.15) is 10.8 Å². The number of rotatable bonds is 3. The Hall–Kier alpha value is -0.905. The van der Waals surface area contributed by atoms with Gasteiger partial charge in [-0.2, -0.15) is 0 Å². The van der Waals surface area contributed by atoms with E-state index in [0.29, 0.717) is 5.02 Å². The maximum absolute atomic E-state index is 8.62. The highest BCUT2D eigenvalue weighted by Gasteiger charge is 2.15. The van der Waals surface area contributed by atoms with Crippen LogP contribution in [0.1, 0.15) is 0 Å². The van der Waals surface area contributed by atoms with Gasteiger partial charge in [0, 0.05) is 14.1 Å². The van der Waals surface area contributed by atoms with Crippen molar-refractivity contribution in [2.45, 2.75) is 0 Å². The molecule has 6 heteroatoms. The highest BCUT2D eigenvalue weighted by atomic mass is 35.5. The molecule has 0 spiro atoms. The van der Waals surface area contributed by atoms with Gasteiger partial charge >= 0.3 is 7.32 Å². The second-order valence-corrected chi connectivity index (χ2v) is 3.31. The summed E-state index contributed by atoms with van der Waals surface area (Å²) in [6.45, 7) is 0. The van der Waals surface area contributed by atoms with Gasteiger partial charge in [0.15, 0.2) is 0 Å². The first-order valence-corrected chi connectivity index (χ1v) is 4.39. The van der Waals surface area contributed by atoms with E-state index in [4.69, 9.17) is 21.6 Å². The Balaban J connectivity index is 3.01. The summed E-state index contributed by atoms with van der Waals surface area (Å²) in [5.41, 5.74) is 0.754. The molecule has 0 aliphatic carbocycles. The minimum absolute atomic E-state index is 0.243. The molecule has 0 radical (unpaired) electrons. The molecule has 14 heavy (non-hydrogen) atoms. The van der Waals surface area contributed by atoms with Crippen LogP contribution in [0.15, 0.2) is 18.2 Å². The molecule has 0 atom stereocenters. The summed E-state index contributed by atoms with van der Waals surface area (Å²) < 4.78 is 4.69. The monoisotopic (exact) mass is 215 g/mol. The first-order chi connectivity index (χ1) is 6.52. The van der Waals surface area contributed by atoms with Crippen LogP contribution < -0.4 is 9.55 Å². The van der Waals surface area contributed by atoms with E-state index in [9.17, 15) is 0 Å². The van der Waals surface area contributed by atoms with Gasteiger partial charge in [-0.05, 0) is 12.1 Å². The van der Waals surface area contributed by atoms with E-state index >= 15 is 0 Å². The van der Waals surface area contributed by atoms with Crippen LogP contribution in [-0.2, 0) is 0 Å². The molecule has 0 fully saturated rings. The van der Waals surface area contributed by atoms with E-state index in [1.54, 1.807) is 23.1 Å². The van der Waals surface area contributed by atoms with Crippen LogP contribution in [0.3, 0.4) is 0 Å². The average molecular weight is 215 g/mol. The van der Waals surface area contributed by atoms with Crippen molar-refractivity contribution in [1.82, 2.24) is 0 Å². The predicted molar refractivity (Wildman–Crippen MR) is 56.6 cm³/mol. The number of hydrogen-bond acceptors (Lipinski definition) is 4. The third-order valence-electron chi connectivity index (χ3n) is 1.66. The van der Waals surface area contributed by atoms with Crippen LogP contribution in [0.25, 0.3) is 0 Å². The number of hydrogen-bond donors (Lipinski definition) is 2. The lowest BCUT2D eigenvalue weighted by molar-refractivity contribution is 0.288. The molecule has 0 bridgehead atoms. The average Bonchev–Trinajstić information content (AvgIpc) is 2.07. The third-order valence-corrected chi connectivity index (χ3v) is 2.04. The fourth-order valence-electron chi connectivity index (χ4n) is 1.05. The van der Waals surface area contributed by atoms with Crippen LogP contribution in [0.4, 0.5) is 5.69 Å². The van der Waals surface area contributed by atoms with Crippen LogP contribution in [0, 0.1) is 0 Å². The van der Waals surface area contributed by atoms with Crippen molar-refractivity contribution in [1.29, 1.82) is 0 Å². The van der Waals surface area contributed by atoms with Crippen LogP contribution in [-0.4, -0.2) is 31.5 Å². The lowest BCUT2D eigenvalue weighted by Gasteiger charge is -2.16. The van der Waals surface area contributed by atoms with Gasteiger partial charge < -0.3 is 19.6 Å². The first kappa shape index (κ1) is 11.2. The van der Waals surface area contributed by atoms with Crippen molar-refractivity contribution < 1.29 is 14.7 Å². The second-order valence-electron chi connectivity index (χ2n) is 2.93. The highest BCUT2D eigenvalue weighted by molar-refractivity contribution is 6.37. The summed E-state index contributed by atoms with van der Waals surface area (Å²) >= 11 is 5.96. The van der Waals surface area contributed by atoms with Crippen LogP contribution in [0.5, 0.6) is 5.75 Å². The fourth-order valence-corrected chi connectivity index (χ4v) is 1.39. The number of halogens is 1. The summed E-state index contributed by atoms with van der Waals surface area (Å²) in [7, 11) is 1.81. The molecule has 4 nitrogen and oxygen atoms in total. The number of benzene rings is 1. The zero-order chi connectivity index (χ0) is 10.7. The van der Waals surface area contributed by atoms with Gasteiger partial charge in [0.2, 0.25) is 0 Å². The van der Waals surface area contributed by atoms with Crippen molar-refractivity contribution in [2.75, 3.05) is 19.0 Å². The van der Waals surface area contributed by atoms with E-state index < -0.39 is 7.32 Å². The number of nitrogens with zero attached hydrogens (tertiary/aromatic N) is 1. The molecule has 0 aliphatic rings. The van der Waals surface area contributed by atoms with Gasteiger partial charge in [-0.15, -0.1) is 0 Å². The summed E-state index contributed by atoms with van der Waals surface area (Å²) in [5.74, 6) is 0.243. The zero-order valence-corrected chi connectivity index (χ0v) is 8.69. The lowest BCUT2D eigenvalue weighted by Crippen LogP contribution is -2.21. The molecule has 0 saturated carbocycles. The fraction of sp³-hybridized carbons (Fsp3) is 0.250. The summed E-state index contributed by atoms with van der Waals surface area (Å²) in [6, 6.07) is 5.09. The maximum Gasteiger partial charge on any atom is 0.707 e. The van der Waals surface area contributed by atoms with Crippen molar-refractivity contribution >= 4 is 24.6 Å². The van der Waals surface area contributed by atoms with E-state index in [0.717, 1.165) is 5.69 Å². The molecule has 1 rings (SSSR count). The van der Waals surface area contributed by atoms with E-state index in [1.165, 1.54) is 0 Å².